The third kappa shape index (κ3) is 2.61. The standard InChI is InChI=1S/C7H6FNO.Na.H/c8-6-4-2-1-3-5(6)7(9)10;;/h1-4H,(H2,9,10);;/q;+1;-1. The van der Waals surface area contributed by atoms with Gasteiger partial charge in [-0.05, 0) is 12.1 Å². The summed E-state index contributed by atoms with van der Waals surface area (Å²) in [5.74, 6) is -1.31. The maximum atomic E-state index is 12.5. The van der Waals surface area contributed by atoms with E-state index < -0.39 is 11.7 Å². The largest absolute Gasteiger partial charge is 1.00 e. The summed E-state index contributed by atoms with van der Waals surface area (Å²) in [6.07, 6.45) is 0. The van der Waals surface area contributed by atoms with Crippen molar-refractivity contribution < 1.29 is 40.2 Å². The summed E-state index contributed by atoms with van der Waals surface area (Å²) in [5, 5.41) is 0. The van der Waals surface area contributed by atoms with Gasteiger partial charge in [0.05, 0.1) is 5.56 Å². The molecule has 0 aliphatic heterocycles. The number of halogens is 1. The van der Waals surface area contributed by atoms with Crippen molar-refractivity contribution >= 4 is 5.91 Å². The fourth-order valence-electron chi connectivity index (χ4n) is 0.661. The van der Waals surface area contributed by atoms with E-state index in [1.807, 2.05) is 0 Å². The van der Waals surface area contributed by atoms with Crippen molar-refractivity contribution in [2.24, 2.45) is 5.73 Å². The van der Waals surface area contributed by atoms with Gasteiger partial charge in [0.1, 0.15) is 5.82 Å². The van der Waals surface area contributed by atoms with Crippen LogP contribution in [0.4, 0.5) is 4.39 Å². The first-order valence-corrected chi connectivity index (χ1v) is 2.76. The molecule has 2 N–H and O–H groups in total. The zero-order chi connectivity index (χ0) is 7.56. The summed E-state index contributed by atoms with van der Waals surface area (Å²) in [4.78, 5) is 10.4. The molecular formula is C7H7FNNaO. The van der Waals surface area contributed by atoms with Crippen LogP contribution in [-0.2, 0) is 0 Å². The van der Waals surface area contributed by atoms with Crippen molar-refractivity contribution in [1.82, 2.24) is 0 Å². The van der Waals surface area contributed by atoms with E-state index in [1.54, 1.807) is 6.07 Å². The molecule has 0 heterocycles. The van der Waals surface area contributed by atoms with Crippen LogP contribution < -0.4 is 35.3 Å². The molecule has 4 heteroatoms. The Kier molecular flexibility index (Phi) is 4.33. The number of hydrogen-bond donors (Lipinski definition) is 1. The summed E-state index contributed by atoms with van der Waals surface area (Å²) in [6, 6.07) is 5.60. The maximum absolute atomic E-state index is 12.5. The predicted molar refractivity (Wildman–Crippen MR) is 36.0 cm³/mol. The van der Waals surface area contributed by atoms with Crippen LogP contribution in [-0.4, -0.2) is 5.91 Å². The molecule has 0 spiro atoms. The van der Waals surface area contributed by atoms with E-state index in [-0.39, 0.29) is 36.5 Å². The topological polar surface area (TPSA) is 43.1 Å². The van der Waals surface area contributed by atoms with Crippen molar-refractivity contribution in [3.05, 3.63) is 35.6 Å². The van der Waals surface area contributed by atoms with Gasteiger partial charge in [0.15, 0.2) is 0 Å². The van der Waals surface area contributed by atoms with Crippen molar-refractivity contribution in [3.63, 3.8) is 0 Å². The number of primary amides is 1. The Morgan fingerprint density at radius 3 is 2.36 bits per heavy atom. The van der Waals surface area contributed by atoms with Crippen LogP contribution >= 0.6 is 0 Å². The molecule has 0 saturated heterocycles. The third-order valence-electron chi connectivity index (χ3n) is 1.14. The summed E-state index contributed by atoms with van der Waals surface area (Å²) in [7, 11) is 0. The van der Waals surface area contributed by atoms with Gasteiger partial charge in [-0.15, -0.1) is 0 Å². The Hall–Kier alpha value is -0.380. The first kappa shape index (κ1) is 10.6. The van der Waals surface area contributed by atoms with E-state index in [1.165, 1.54) is 18.2 Å². The fraction of sp³-hybridized carbons (Fsp3) is 0. The van der Waals surface area contributed by atoms with Gasteiger partial charge in [0.25, 0.3) is 5.91 Å². The molecule has 0 fully saturated rings. The molecule has 11 heavy (non-hydrogen) atoms. The quantitative estimate of drug-likeness (QED) is 0.480. The fourth-order valence-corrected chi connectivity index (χ4v) is 0.661. The number of carbonyl (C=O) groups is 1. The monoisotopic (exact) mass is 163 g/mol. The SMILES string of the molecule is NC(=O)c1ccccc1F.[H-].[Na+]. The van der Waals surface area contributed by atoms with Crippen molar-refractivity contribution in [3.8, 4) is 0 Å². The van der Waals surface area contributed by atoms with E-state index in [0.29, 0.717) is 0 Å². The van der Waals surface area contributed by atoms with Crippen molar-refractivity contribution in [1.29, 1.82) is 0 Å². The third-order valence-corrected chi connectivity index (χ3v) is 1.14. The van der Waals surface area contributed by atoms with Gasteiger partial charge in [-0.25, -0.2) is 4.39 Å². The summed E-state index contributed by atoms with van der Waals surface area (Å²) < 4.78 is 12.5. The van der Waals surface area contributed by atoms with E-state index >= 15 is 0 Å². The zero-order valence-corrected chi connectivity index (χ0v) is 8.17. The second-order valence-electron chi connectivity index (χ2n) is 1.84. The summed E-state index contributed by atoms with van der Waals surface area (Å²) >= 11 is 0. The summed E-state index contributed by atoms with van der Waals surface area (Å²) in [6.45, 7) is 0. The van der Waals surface area contributed by atoms with Crippen molar-refractivity contribution in [2.75, 3.05) is 0 Å². The second-order valence-corrected chi connectivity index (χ2v) is 1.84. The summed E-state index contributed by atoms with van der Waals surface area (Å²) in [5.41, 5.74) is 4.77. The van der Waals surface area contributed by atoms with Crippen LogP contribution in [0.2, 0.25) is 0 Å². The van der Waals surface area contributed by atoms with Crippen LogP contribution in [0.1, 0.15) is 11.8 Å². The molecule has 0 bridgehead atoms. The van der Waals surface area contributed by atoms with Gasteiger partial charge < -0.3 is 7.16 Å². The van der Waals surface area contributed by atoms with Crippen LogP contribution in [0.15, 0.2) is 24.3 Å². The Balaban J connectivity index is 0. The first-order valence-electron chi connectivity index (χ1n) is 2.76. The number of benzene rings is 1. The molecule has 0 atom stereocenters. The Labute approximate surface area is 87.4 Å². The van der Waals surface area contributed by atoms with Crippen LogP contribution in [0.5, 0.6) is 0 Å². The van der Waals surface area contributed by atoms with E-state index in [0.717, 1.165) is 0 Å². The van der Waals surface area contributed by atoms with Crippen LogP contribution in [0, 0.1) is 5.82 Å². The van der Waals surface area contributed by atoms with Crippen LogP contribution in [0.3, 0.4) is 0 Å². The molecule has 0 aromatic heterocycles. The minimum Gasteiger partial charge on any atom is -1.00 e. The minimum atomic E-state index is -0.738. The van der Waals surface area contributed by atoms with Gasteiger partial charge in [-0.3, -0.25) is 4.79 Å². The van der Waals surface area contributed by atoms with Gasteiger partial charge >= 0.3 is 29.6 Å². The number of rotatable bonds is 1. The zero-order valence-electron chi connectivity index (χ0n) is 7.17. The number of nitrogens with two attached hydrogens (primary N) is 1. The molecule has 54 valence electrons. The Morgan fingerprint density at radius 2 is 2.00 bits per heavy atom. The van der Waals surface area contributed by atoms with Gasteiger partial charge in [0.2, 0.25) is 0 Å². The molecule has 0 radical (unpaired) electrons. The average molecular weight is 163 g/mol. The van der Waals surface area contributed by atoms with E-state index in [9.17, 15) is 9.18 Å². The molecule has 0 aliphatic rings. The molecule has 2 nitrogen and oxygen atoms in total. The van der Waals surface area contributed by atoms with E-state index in [4.69, 9.17) is 5.73 Å². The molecule has 1 amide bonds. The molecule has 1 rings (SSSR count). The minimum absolute atomic E-state index is 0. The molecular weight excluding hydrogens is 156 g/mol. The first-order chi connectivity index (χ1) is 4.72. The van der Waals surface area contributed by atoms with Crippen LogP contribution in [0.25, 0.3) is 0 Å². The molecule has 1 aromatic rings. The van der Waals surface area contributed by atoms with Gasteiger partial charge in [-0.2, -0.15) is 0 Å². The Bertz CT molecular complexity index is 269. The molecule has 1 aromatic carbocycles. The maximum Gasteiger partial charge on any atom is 1.00 e. The second kappa shape index (κ2) is 4.49. The number of amides is 1. The normalized spacial score (nSPS) is 8.45. The molecule has 0 unspecified atom stereocenters. The molecule has 0 saturated carbocycles. The van der Waals surface area contributed by atoms with Gasteiger partial charge in [-0.1, -0.05) is 12.1 Å². The predicted octanol–water partition coefficient (Wildman–Crippen LogP) is -1.96. The Morgan fingerprint density at radius 1 is 1.45 bits per heavy atom. The smallest absolute Gasteiger partial charge is 1.00 e. The van der Waals surface area contributed by atoms with Gasteiger partial charge in [0, 0.05) is 0 Å². The number of carbonyl (C=O) groups excluding carboxylic acids is 1. The average Bonchev–Trinajstić information content (AvgIpc) is 1.88. The molecule has 0 aliphatic carbocycles. The van der Waals surface area contributed by atoms with Crippen molar-refractivity contribution in [2.45, 2.75) is 0 Å². The van der Waals surface area contributed by atoms with E-state index in [2.05, 4.69) is 0 Å². The number of hydrogen-bond acceptors (Lipinski definition) is 1.